The van der Waals surface area contributed by atoms with E-state index in [4.69, 9.17) is 4.74 Å². The molecule has 1 aliphatic rings. The fourth-order valence-corrected chi connectivity index (χ4v) is 3.78. The number of likely N-dealkylation sites (tertiary alicyclic amines) is 1. The number of nitrogens with one attached hydrogen (secondary N) is 1. The van der Waals surface area contributed by atoms with Crippen molar-refractivity contribution in [2.75, 3.05) is 20.2 Å². The molecule has 1 aliphatic heterocycles. The third kappa shape index (κ3) is 4.42. The Morgan fingerprint density at radius 2 is 2.30 bits per heavy atom. The number of hydrogen-bond acceptors (Lipinski definition) is 7. The van der Waals surface area contributed by atoms with Crippen LogP contribution in [0.25, 0.3) is 0 Å². The summed E-state index contributed by atoms with van der Waals surface area (Å²) in [6.07, 6.45) is 1.02. The molecule has 27 heavy (non-hydrogen) atoms. The van der Waals surface area contributed by atoms with Crippen molar-refractivity contribution in [3.63, 3.8) is 0 Å². The molecule has 0 aliphatic carbocycles. The van der Waals surface area contributed by atoms with Crippen molar-refractivity contribution in [2.24, 2.45) is 0 Å². The van der Waals surface area contributed by atoms with E-state index < -0.39 is 11.4 Å². The number of hydrogen-bond donors (Lipinski definition) is 2. The van der Waals surface area contributed by atoms with Crippen molar-refractivity contribution in [3.05, 3.63) is 40.2 Å². The summed E-state index contributed by atoms with van der Waals surface area (Å²) in [6.45, 7) is 3.06. The van der Waals surface area contributed by atoms with Crippen LogP contribution < -0.4 is 10.1 Å². The normalized spacial score (nSPS) is 20.1. The molecule has 1 amide bonds. The first-order chi connectivity index (χ1) is 12.9. The summed E-state index contributed by atoms with van der Waals surface area (Å²) in [7, 11) is 1.51. The van der Waals surface area contributed by atoms with E-state index in [9.17, 15) is 14.3 Å². The molecule has 3 rings (SSSR count). The highest BCUT2D eigenvalue weighted by atomic mass is 32.1. The average Bonchev–Trinajstić information content (AvgIpc) is 3.06. The minimum Gasteiger partial charge on any atom is -0.497 e. The molecule has 0 radical (unpaired) electrons. The minimum absolute atomic E-state index is 0.0993. The zero-order valence-corrected chi connectivity index (χ0v) is 16.2. The number of methoxy groups -OCH3 is 1. The fraction of sp³-hybridized carbons (Fsp3) is 0.500. The number of piperidine rings is 1. The van der Waals surface area contributed by atoms with Gasteiger partial charge in [0.05, 0.1) is 17.7 Å². The number of carbonyl (C=O) groups is 1. The first-order valence-corrected chi connectivity index (χ1v) is 9.53. The molecule has 2 aromatic rings. The van der Waals surface area contributed by atoms with E-state index in [1.54, 1.807) is 6.07 Å². The smallest absolute Gasteiger partial charge is 0.256 e. The molecule has 2 heterocycles. The van der Waals surface area contributed by atoms with E-state index in [1.807, 2.05) is 6.92 Å². The van der Waals surface area contributed by atoms with Gasteiger partial charge in [-0.2, -0.15) is 0 Å². The van der Waals surface area contributed by atoms with Gasteiger partial charge in [-0.05, 0) is 49.5 Å². The van der Waals surface area contributed by atoms with Crippen molar-refractivity contribution in [2.45, 2.75) is 38.5 Å². The van der Waals surface area contributed by atoms with Gasteiger partial charge in [0, 0.05) is 31.7 Å². The maximum atomic E-state index is 14.1. The Morgan fingerprint density at radius 3 is 3.00 bits per heavy atom. The Hall–Kier alpha value is -2.10. The van der Waals surface area contributed by atoms with Gasteiger partial charge in [0.25, 0.3) is 5.91 Å². The quantitative estimate of drug-likeness (QED) is 0.742. The molecule has 0 bridgehead atoms. The van der Waals surface area contributed by atoms with Gasteiger partial charge in [0.2, 0.25) is 0 Å². The topological polar surface area (TPSA) is 87.6 Å². The van der Waals surface area contributed by atoms with E-state index in [0.717, 1.165) is 10.6 Å². The van der Waals surface area contributed by atoms with Crippen molar-refractivity contribution in [3.8, 4) is 5.75 Å². The van der Waals surface area contributed by atoms with E-state index >= 15 is 0 Å². The predicted molar refractivity (Wildman–Crippen MR) is 98.9 cm³/mol. The van der Waals surface area contributed by atoms with Gasteiger partial charge in [-0.15, -0.1) is 5.10 Å². The summed E-state index contributed by atoms with van der Waals surface area (Å²) in [4.78, 5) is 15.3. The molecule has 1 aromatic heterocycles. The predicted octanol–water partition coefficient (Wildman–Crippen LogP) is 1.64. The van der Waals surface area contributed by atoms with Crippen LogP contribution in [0.4, 0.5) is 4.39 Å². The lowest BCUT2D eigenvalue weighted by Crippen LogP contribution is -2.57. The molecule has 146 valence electrons. The average molecular weight is 394 g/mol. The maximum absolute atomic E-state index is 14.1. The van der Waals surface area contributed by atoms with Crippen LogP contribution in [0.2, 0.25) is 0 Å². The Balaban J connectivity index is 1.65. The van der Waals surface area contributed by atoms with E-state index in [-0.39, 0.29) is 19.0 Å². The Morgan fingerprint density at radius 1 is 1.48 bits per heavy atom. The van der Waals surface area contributed by atoms with Gasteiger partial charge in [0.15, 0.2) is 5.60 Å². The number of aliphatic hydroxyl groups is 1. The molecule has 0 spiro atoms. The van der Waals surface area contributed by atoms with E-state index in [2.05, 4.69) is 14.9 Å². The second-order valence-corrected chi connectivity index (χ2v) is 7.54. The fourth-order valence-electron chi connectivity index (χ4n) is 3.18. The molecule has 2 N–H and O–H groups in total. The number of nitrogens with zero attached hydrogens (tertiary/aromatic N) is 3. The number of halogens is 1. The van der Waals surface area contributed by atoms with E-state index in [1.165, 1.54) is 35.7 Å². The molecule has 7 nitrogen and oxygen atoms in total. The highest BCUT2D eigenvalue weighted by molar-refractivity contribution is 7.05. The van der Waals surface area contributed by atoms with Crippen molar-refractivity contribution in [1.29, 1.82) is 0 Å². The molecule has 1 unspecified atom stereocenters. The Labute approximate surface area is 161 Å². The summed E-state index contributed by atoms with van der Waals surface area (Å²) >= 11 is 1.29. The standard InChI is InChI=1S/C18H23FN4O3S/c1-12-16(27-22-21-12)9-20-11-18(25)6-3-7-23(17(18)24)10-13-8-14(26-2)4-5-15(13)19/h4-5,8,20,25H,3,6-7,9-11H2,1-2H3. The number of ether oxygens (including phenoxy) is 1. The second kappa shape index (κ2) is 8.28. The SMILES string of the molecule is COc1ccc(F)c(CN2CCCC(O)(CNCc3snnc3C)C2=O)c1. The van der Waals surface area contributed by atoms with Crippen LogP contribution in [0.3, 0.4) is 0 Å². The lowest BCUT2D eigenvalue weighted by atomic mass is 9.91. The first-order valence-electron chi connectivity index (χ1n) is 8.75. The van der Waals surface area contributed by atoms with Crippen molar-refractivity contribution in [1.82, 2.24) is 19.8 Å². The van der Waals surface area contributed by atoms with Crippen LogP contribution in [-0.4, -0.2) is 51.3 Å². The molecule has 1 aromatic carbocycles. The van der Waals surface area contributed by atoms with Gasteiger partial charge in [-0.3, -0.25) is 4.79 Å². The van der Waals surface area contributed by atoms with Gasteiger partial charge < -0.3 is 20.1 Å². The number of aryl methyl sites for hydroxylation is 1. The molecule has 1 fully saturated rings. The Kier molecular flexibility index (Phi) is 6.03. The molecule has 0 saturated carbocycles. The number of rotatable bonds is 7. The number of amides is 1. The van der Waals surface area contributed by atoms with Crippen LogP contribution in [0.5, 0.6) is 5.75 Å². The van der Waals surface area contributed by atoms with Crippen molar-refractivity contribution >= 4 is 17.4 Å². The van der Waals surface area contributed by atoms with E-state index in [0.29, 0.717) is 37.2 Å². The minimum atomic E-state index is -1.50. The largest absolute Gasteiger partial charge is 0.497 e. The lowest BCUT2D eigenvalue weighted by molar-refractivity contribution is -0.157. The lowest BCUT2D eigenvalue weighted by Gasteiger charge is -2.38. The van der Waals surface area contributed by atoms with Crippen LogP contribution in [0, 0.1) is 12.7 Å². The zero-order chi connectivity index (χ0) is 19.4. The molecular weight excluding hydrogens is 371 g/mol. The summed E-state index contributed by atoms with van der Waals surface area (Å²) in [5.74, 6) is -0.257. The molecule has 9 heteroatoms. The van der Waals surface area contributed by atoms with Gasteiger partial charge in [-0.25, -0.2) is 4.39 Å². The Bertz CT molecular complexity index is 816. The van der Waals surface area contributed by atoms with Crippen LogP contribution in [0.1, 0.15) is 29.0 Å². The summed E-state index contributed by atoms with van der Waals surface area (Å²) < 4.78 is 23.1. The third-order valence-corrected chi connectivity index (χ3v) is 5.59. The maximum Gasteiger partial charge on any atom is 0.256 e. The monoisotopic (exact) mass is 394 g/mol. The number of carbonyl (C=O) groups excluding carboxylic acids is 1. The van der Waals surface area contributed by atoms with Gasteiger partial charge >= 0.3 is 0 Å². The van der Waals surface area contributed by atoms with Crippen LogP contribution in [0.15, 0.2) is 18.2 Å². The summed E-state index contributed by atoms with van der Waals surface area (Å²) in [6, 6.07) is 4.43. The van der Waals surface area contributed by atoms with Gasteiger partial charge in [-0.1, -0.05) is 4.49 Å². The first kappa shape index (κ1) is 19.7. The van der Waals surface area contributed by atoms with Crippen LogP contribution in [-0.2, 0) is 17.9 Å². The highest BCUT2D eigenvalue weighted by Gasteiger charge is 2.42. The third-order valence-electron chi connectivity index (χ3n) is 4.77. The molecular formula is C18H23FN4O3S. The van der Waals surface area contributed by atoms with Gasteiger partial charge in [0.1, 0.15) is 11.6 Å². The second-order valence-electron chi connectivity index (χ2n) is 6.70. The van der Waals surface area contributed by atoms with Crippen LogP contribution >= 0.6 is 11.5 Å². The number of aromatic nitrogens is 2. The summed E-state index contributed by atoms with van der Waals surface area (Å²) in [5.41, 5.74) is -0.296. The van der Waals surface area contributed by atoms with Crippen molar-refractivity contribution < 1.29 is 19.0 Å². The summed E-state index contributed by atoms with van der Waals surface area (Å²) in [5, 5.41) is 17.9. The highest BCUT2D eigenvalue weighted by Crippen LogP contribution is 2.26. The zero-order valence-electron chi connectivity index (χ0n) is 15.4. The molecule has 1 saturated heterocycles. The number of benzene rings is 1. The molecule has 1 atom stereocenters.